The van der Waals surface area contributed by atoms with Crippen LogP contribution in [-0.2, 0) is 4.79 Å². The number of benzene rings is 1. The van der Waals surface area contributed by atoms with Crippen LogP contribution in [0.4, 0.5) is 5.69 Å². The van der Waals surface area contributed by atoms with Gasteiger partial charge in [0.2, 0.25) is 5.91 Å². The van der Waals surface area contributed by atoms with Crippen molar-refractivity contribution >= 4 is 46.4 Å². The van der Waals surface area contributed by atoms with Crippen LogP contribution < -0.4 is 11.1 Å². The lowest BCUT2D eigenvalue weighted by molar-refractivity contribution is -0.120. The normalized spacial score (nSPS) is 12.6. The van der Waals surface area contributed by atoms with Gasteiger partial charge in [-0.3, -0.25) is 4.79 Å². The van der Waals surface area contributed by atoms with Crippen molar-refractivity contribution in [3.05, 3.63) is 27.2 Å². The fourth-order valence-corrected chi connectivity index (χ4v) is 2.47. The van der Waals surface area contributed by atoms with Gasteiger partial charge in [-0.05, 0) is 18.1 Å². The molecule has 1 atom stereocenters. The predicted octanol–water partition coefficient (Wildman–Crippen LogP) is 3.82. The lowest BCUT2D eigenvalue weighted by atomic mass is 9.95. The Morgan fingerprint density at radius 1 is 1.28 bits per heavy atom. The molecule has 0 aliphatic carbocycles. The highest BCUT2D eigenvalue weighted by molar-refractivity contribution is 6.42. The van der Waals surface area contributed by atoms with E-state index in [1.165, 1.54) is 12.1 Å². The molecule has 0 radical (unpaired) electrons. The van der Waals surface area contributed by atoms with Gasteiger partial charge in [0.05, 0.1) is 21.7 Å². The second kappa shape index (κ2) is 6.62. The molecule has 0 aliphatic rings. The summed E-state index contributed by atoms with van der Waals surface area (Å²) in [7, 11) is 0. The fraction of sp³-hybridized carbons (Fsp3) is 0.417. The van der Waals surface area contributed by atoms with Crippen molar-refractivity contribution in [3.8, 4) is 0 Å². The van der Waals surface area contributed by atoms with E-state index in [4.69, 9.17) is 40.5 Å². The number of nitrogens with one attached hydrogen (secondary N) is 1. The van der Waals surface area contributed by atoms with Gasteiger partial charge in [-0.25, -0.2) is 0 Å². The first-order chi connectivity index (χ1) is 8.36. The van der Waals surface area contributed by atoms with Crippen molar-refractivity contribution < 1.29 is 4.79 Å². The molecule has 3 N–H and O–H groups in total. The molecule has 1 aromatic rings. The van der Waals surface area contributed by atoms with Crippen molar-refractivity contribution in [3.63, 3.8) is 0 Å². The van der Waals surface area contributed by atoms with Crippen LogP contribution in [0.15, 0.2) is 12.1 Å². The van der Waals surface area contributed by atoms with Crippen LogP contribution in [0.25, 0.3) is 0 Å². The highest BCUT2D eigenvalue weighted by Gasteiger charge is 2.22. The van der Waals surface area contributed by atoms with Gasteiger partial charge in [-0.15, -0.1) is 0 Å². The minimum Gasteiger partial charge on any atom is -0.330 e. The number of hydrogen-bond donors (Lipinski definition) is 2. The molecule has 18 heavy (non-hydrogen) atoms. The van der Waals surface area contributed by atoms with Crippen LogP contribution in [0.3, 0.4) is 0 Å². The summed E-state index contributed by atoms with van der Waals surface area (Å²) in [5, 5.41) is 3.73. The Kier molecular flexibility index (Phi) is 5.73. The largest absolute Gasteiger partial charge is 0.330 e. The first-order valence-corrected chi connectivity index (χ1v) is 6.65. The van der Waals surface area contributed by atoms with Gasteiger partial charge >= 0.3 is 0 Å². The number of amides is 1. The Bertz CT molecular complexity index is 426. The summed E-state index contributed by atoms with van der Waals surface area (Å²) >= 11 is 17.8. The second-order valence-corrected chi connectivity index (χ2v) is 5.57. The number of halogens is 3. The standard InChI is InChI=1S/C12H15Cl3N2O/c1-6(2)8(5-16)12(18)17-11-9(14)3-7(13)4-10(11)15/h3-4,6,8H,5,16H2,1-2H3,(H,17,18). The maximum absolute atomic E-state index is 12.0. The first kappa shape index (κ1) is 15.6. The molecule has 0 saturated carbocycles. The van der Waals surface area contributed by atoms with Crippen LogP contribution in [0.1, 0.15) is 13.8 Å². The third-order valence-electron chi connectivity index (χ3n) is 2.65. The van der Waals surface area contributed by atoms with Crippen molar-refractivity contribution in [1.29, 1.82) is 0 Å². The molecule has 3 nitrogen and oxygen atoms in total. The van der Waals surface area contributed by atoms with E-state index in [-0.39, 0.29) is 24.3 Å². The van der Waals surface area contributed by atoms with Crippen LogP contribution >= 0.6 is 34.8 Å². The van der Waals surface area contributed by atoms with Crippen molar-refractivity contribution in [1.82, 2.24) is 0 Å². The van der Waals surface area contributed by atoms with E-state index in [0.717, 1.165) is 0 Å². The SMILES string of the molecule is CC(C)C(CN)C(=O)Nc1c(Cl)cc(Cl)cc1Cl. The van der Waals surface area contributed by atoms with Gasteiger partial charge in [0, 0.05) is 11.6 Å². The lowest BCUT2D eigenvalue weighted by Crippen LogP contribution is -2.33. The lowest BCUT2D eigenvalue weighted by Gasteiger charge is -2.19. The minimum absolute atomic E-state index is 0.139. The molecule has 0 spiro atoms. The average Bonchev–Trinajstić information content (AvgIpc) is 2.23. The van der Waals surface area contributed by atoms with Crippen molar-refractivity contribution in [2.75, 3.05) is 11.9 Å². The van der Waals surface area contributed by atoms with E-state index in [2.05, 4.69) is 5.32 Å². The highest BCUT2D eigenvalue weighted by Crippen LogP contribution is 2.34. The zero-order chi connectivity index (χ0) is 13.9. The van der Waals surface area contributed by atoms with E-state index in [9.17, 15) is 4.79 Å². The number of carbonyl (C=O) groups is 1. The summed E-state index contributed by atoms with van der Waals surface area (Å²) in [4.78, 5) is 12.0. The number of carbonyl (C=O) groups excluding carboxylic acids is 1. The Morgan fingerprint density at radius 2 is 1.78 bits per heavy atom. The highest BCUT2D eigenvalue weighted by atomic mass is 35.5. The summed E-state index contributed by atoms with van der Waals surface area (Å²) in [6, 6.07) is 3.05. The monoisotopic (exact) mass is 308 g/mol. The average molecular weight is 310 g/mol. The molecule has 0 aromatic heterocycles. The van der Waals surface area contributed by atoms with E-state index >= 15 is 0 Å². The van der Waals surface area contributed by atoms with Crippen LogP contribution in [-0.4, -0.2) is 12.5 Å². The molecule has 0 fully saturated rings. The van der Waals surface area contributed by atoms with Crippen molar-refractivity contribution in [2.45, 2.75) is 13.8 Å². The fourth-order valence-electron chi connectivity index (χ4n) is 1.56. The van der Waals surface area contributed by atoms with Crippen LogP contribution in [0, 0.1) is 11.8 Å². The van der Waals surface area contributed by atoms with E-state index in [1.807, 2.05) is 13.8 Å². The first-order valence-electron chi connectivity index (χ1n) is 5.52. The molecular weight excluding hydrogens is 295 g/mol. The summed E-state index contributed by atoms with van der Waals surface area (Å²) in [5.74, 6) is -0.341. The molecule has 1 rings (SSSR count). The summed E-state index contributed by atoms with van der Waals surface area (Å²) < 4.78 is 0. The van der Waals surface area contributed by atoms with Crippen LogP contribution in [0.5, 0.6) is 0 Å². The molecule has 1 unspecified atom stereocenters. The summed E-state index contributed by atoms with van der Waals surface area (Å²) in [6.07, 6.45) is 0. The van der Waals surface area contributed by atoms with Crippen molar-refractivity contribution in [2.24, 2.45) is 17.6 Å². The Labute approximate surface area is 122 Å². The van der Waals surface area contributed by atoms with Gasteiger partial charge < -0.3 is 11.1 Å². The van der Waals surface area contributed by atoms with E-state index in [0.29, 0.717) is 20.8 Å². The molecule has 0 saturated heterocycles. The smallest absolute Gasteiger partial charge is 0.229 e. The maximum Gasteiger partial charge on any atom is 0.229 e. The summed E-state index contributed by atoms with van der Waals surface area (Å²) in [5.41, 5.74) is 5.95. The van der Waals surface area contributed by atoms with Gasteiger partial charge in [0.1, 0.15) is 0 Å². The molecule has 1 aromatic carbocycles. The Hall–Kier alpha value is -0.480. The van der Waals surface area contributed by atoms with E-state index < -0.39 is 0 Å². The molecular formula is C12H15Cl3N2O. The number of nitrogens with two attached hydrogens (primary N) is 1. The molecule has 0 bridgehead atoms. The van der Waals surface area contributed by atoms with Gasteiger partial charge in [0.25, 0.3) is 0 Å². The Balaban J connectivity index is 2.95. The summed E-state index contributed by atoms with van der Waals surface area (Å²) in [6.45, 7) is 4.14. The quantitative estimate of drug-likeness (QED) is 0.888. The number of rotatable bonds is 4. The maximum atomic E-state index is 12.0. The number of anilines is 1. The third-order valence-corrected chi connectivity index (χ3v) is 3.46. The molecule has 6 heteroatoms. The Morgan fingerprint density at radius 3 is 2.17 bits per heavy atom. The molecule has 1 amide bonds. The predicted molar refractivity (Wildman–Crippen MR) is 77.5 cm³/mol. The van der Waals surface area contributed by atoms with Crippen LogP contribution in [0.2, 0.25) is 15.1 Å². The molecule has 0 heterocycles. The van der Waals surface area contributed by atoms with E-state index in [1.54, 1.807) is 0 Å². The van der Waals surface area contributed by atoms with Gasteiger partial charge in [-0.2, -0.15) is 0 Å². The second-order valence-electron chi connectivity index (χ2n) is 4.32. The molecule has 0 aliphatic heterocycles. The van der Waals surface area contributed by atoms with Gasteiger partial charge in [0.15, 0.2) is 0 Å². The zero-order valence-corrected chi connectivity index (χ0v) is 12.4. The minimum atomic E-state index is -0.284. The topological polar surface area (TPSA) is 55.1 Å². The zero-order valence-electron chi connectivity index (χ0n) is 10.1. The number of hydrogen-bond acceptors (Lipinski definition) is 2. The van der Waals surface area contributed by atoms with Gasteiger partial charge in [-0.1, -0.05) is 48.7 Å². The molecule has 100 valence electrons. The third kappa shape index (κ3) is 3.75.